The van der Waals surface area contributed by atoms with Crippen LogP contribution in [-0.2, 0) is 7.05 Å². The molecule has 0 N–H and O–H groups in total. The Morgan fingerprint density at radius 2 is 2.13 bits per heavy atom. The Labute approximate surface area is 143 Å². The molecule has 0 saturated carbocycles. The average molecular weight is 346 g/mol. The fourth-order valence-corrected chi connectivity index (χ4v) is 4.31. The molecule has 1 amide bonds. The van der Waals surface area contributed by atoms with Gasteiger partial charge in [-0.3, -0.25) is 4.79 Å². The molecule has 0 bridgehead atoms. The Morgan fingerprint density at radius 3 is 2.87 bits per heavy atom. The average Bonchev–Trinajstić information content (AvgIpc) is 3.26. The van der Waals surface area contributed by atoms with Gasteiger partial charge in [0.15, 0.2) is 0 Å². The molecule has 4 nitrogen and oxygen atoms in total. The molecule has 1 aliphatic rings. The van der Waals surface area contributed by atoms with Gasteiger partial charge in [0.05, 0.1) is 26.3 Å². The highest BCUT2D eigenvalue weighted by molar-refractivity contribution is 7.17. The van der Waals surface area contributed by atoms with Crippen LogP contribution >= 0.6 is 22.9 Å². The molecule has 1 atom stereocenters. The number of hydrogen-bond donors (Lipinski definition) is 0. The van der Waals surface area contributed by atoms with Crippen LogP contribution in [0.1, 0.15) is 34.4 Å². The number of aromatic nitrogens is 2. The van der Waals surface area contributed by atoms with Gasteiger partial charge in [-0.2, -0.15) is 0 Å². The van der Waals surface area contributed by atoms with Crippen molar-refractivity contribution in [2.45, 2.75) is 18.9 Å². The Balaban J connectivity index is 1.72. The zero-order chi connectivity index (χ0) is 16.0. The van der Waals surface area contributed by atoms with Gasteiger partial charge in [-0.25, -0.2) is 4.98 Å². The van der Waals surface area contributed by atoms with Crippen molar-refractivity contribution >= 4 is 39.9 Å². The van der Waals surface area contributed by atoms with E-state index in [1.807, 2.05) is 30.1 Å². The van der Waals surface area contributed by atoms with Crippen LogP contribution in [0.15, 0.2) is 36.4 Å². The van der Waals surface area contributed by atoms with E-state index in [1.54, 1.807) is 12.1 Å². The molecule has 1 fully saturated rings. The predicted molar refractivity (Wildman–Crippen MR) is 93.1 cm³/mol. The topological polar surface area (TPSA) is 38.1 Å². The summed E-state index contributed by atoms with van der Waals surface area (Å²) in [6, 6.07) is 11.7. The summed E-state index contributed by atoms with van der Waals surface area (Å²) in [4.78, 5) is 20.2. The number of carbonyl (C=O) groups is 1. The second-order valence-electron chi connectivity index (χ2n) is 5.78. The first kappa shape index (κ1) is 14.7. The molecule has 23 heavy (non-hydrogen) atoms. The molecule has 0 aliphatic carbocycles. The number of rotatable bonds is 2. The molecule has 4 rings (SSSR count). The fourth-order valence-electron chi connectivity index (χ4n) is 3.31. The van der Waals surface area contributed by atoms with Crippen molar-refractivity contribution in [3.05, 3.63) is 51.4 Å². The maximum atomic E-state index is 12.8. The molecule has 0 unspecified atom stereocenters. The minimum atomic E-state index is 0.0285. The molecule has 1 saturated heterocycles. The molecule has 1 aromatic carbocycles. The predicted octanol–water partition coefficient (Wildman–Crippen LogP) is 4.27. The molecule has 6 heteroatoms. The molecule has 2 aromatic heterocycles. The number of halogens is 1. The van der Waals surface area contributed by atoms with E-state index < -0.39 is 0 Å². The lowest BCUT2D eigenvalue weighted by atomic mass is 10.2. The zero-order valence-corrected chi connectivity index (χ0v) is 14.3. The molecular weight excluding hydrogens is 330 g/mol. The van der Waals surface area contributed by atoms with Gasteiger partial charge >= 0.3 is 0 Å². The fraction of sp³-hybridized carbons (Fsp3) is 0.294. The number of amides is 1. The number of thiophene rings is 1. The maximum absolute atomic E-state index is 12.8. The van der Waals surface area contributed by atoms with E-state index in [0.29, 0.717) is 9.21 Å². The minimum absolute atomic E-state index is 0.0285. The number of nitrogens with zero attached hydrogens (tertiary/aromatic N) is 3. The van der Waals surface area contributed by atoms with Crippen LogP contribution in [-0.4, -0.2) is 26.9 Å². The van der Waals surface area contributed by atoms with Crippen LogP contribution in [0.5, 0.6) is 0 Å². The van der Waals surface area contributed by atoms with Crippen molar-refractivity contribution in [2.24, 2.45) is 7.05 Å². The largest absolute Gasteiger partial charge is 0.329 e. The lowest BCUT2D eigenvalue weighted by Gasteiger charge is -2.23. The third kappa shape index (κ3) is 2.44. The van der Waals surface area contributed by atoms with Crippen molar-refractivity contribution < 1.29 is 4.79 Å². The SMILES string of the molecule is Cn1c([C@H]2CCCN2C(=O)c2ccc(Cl)s2)nc2ccccc21. The maximum Gasteiger partial charge on any atom is 0.264 e. The summed E-state index contributed by atoms with van der Waals surface area (Å²) in [6.07, 6.45) is 1.95. The first-order valence-electron chi connectivity index (χ1n) is 7.63. The molecular formula is C17H16ClN3OS. The first-order valence-corrected chi connectivity index (χ1v) is 8.82. The van der Waals surface area contributed by atoms with E-state index in [2.05, 4.69) is 10.6 Å². The van der Waals surface area contributed by atoms with Gasteiger partial charge < -0.3 is 9.47 Å². The number of carbonyl (C=O) groups excluding carboxylic acids is 1. The van der Waals surface area contributed by atoms with Crippen molar-refractivity contribution in [3.8, 4) is 0 Å². The summed E-state index contributed by atoms with van der Waals surface area (Å²) >= 11 is 7.31. The number of hydrogen-bond acceptors (Lipinski definition) is 3. The highest BCUT2D eigenvalue weighted by Gasteiger charge is 2.34. The summed E-state index contributed by atoms with van der Waals surface area (Å²) in [5, 5.41) is 0. The molecule has 3 heterocycles. The Bertz CT molecular complexity index is 885. The van der Waals surface area contributed by atoms with Crippen LogP contribution in [0.4, 0.5) is 0 Å². The Hall–Kier alpha value is -1.85. The van der Waals surface area contributed by atoms with E-state index in [0.717, 1.165) is 36.2 Å². The summed E-state index contributed by atoms with van der Waals surface area (Å²) in [5.41, 5.74) is 2.07. The highest BCUT2D eigenvalue weighted by Crippen LogP contribution is 2.35. The van der Waals surface area contributed by atoms with Crippen LogP contribution in [0.25, 0.3) is 11.0 Å². The van der Waals surface area contributed by atoms with Crippen LogP contribution in [0, 0.1) is 0 Å². The van der Waals surface area contributed by atoms with Gasteiger partial charge in [-0.1, -0.05) is 23.7 Å². The quantitative estimate of drug-likeness (QED) is 0.695. The van der Waals surface area contributed by atoms with Gasteiger partial charge in [0.25, 0.3) is 5.91 Å². The first-order chi connectivity index (χ1) is 11.1. The molecule has 0 spiro atoms. The van der Waals surface area contributed by atoms with Gasteiger partial charge in [0, 0.05) is 13.6 Å². The van der Waals surface area contributed by atoms with Gasteiger partial charge in [0.1, 0.15) is 5.82 Å². The van der Waals surface area contributed by atoms with Crippen molar-refractivity contribution in [1.29, 1.82) is 0 Å². The molecule has 0 radical (unpaired) electrons. The van der Waals surface area contributed by atoms with Crippen LogP contribution in [0.3, 0.4) is 0 Å². The summed E-state index contributed by atoms with van der Waals surface area (Å²) < 4.78 is 2.75. The number of imidazole rings is 1. The third-order valence-corrected chi connectivity index (χ3v) is 5.64. The lowest BCUT2D eigenvalue weighted by Crippen LogP contribution is -2.31. The van der Waals surface area contributed by atoms with E-state index in [-0.39, 0.29) is 11.9 Å². The molecule has 118 valence electrons. The Kier molecular flexibility index (Phi) is 3.62. The second kappa shape index (κ2) is 5.65. The number of para-hydroxylation sites is 2. The molecule has 1 aliphatic heterocycles. The smallest absolute Gasteiger partial charge is 0.264 e. The number of benzene rings is 1. The third-order valence-electron chi connectivity index (χ3n) is 4.42. The van der Waals surface area contributed by atoms with Gasteiger partial charge in [0.2, 0.25) is 0 Å². The van der Waals surface area contributed by atoms with E-state index >= 15 is 0 Å². The Morgan fingerprint density at radius 1 is 1.30 bits per heavy atom. The van der Waals surface area contributed by atoms with Crippen molar-refractivity contribution in [2.75, 3.05) is 6.54 Å². The van der Waals surface area contributed by atoms with Gasteiger partial charge in [-0.05, 0) is 37.1 Å². The number of aryl methyl sites for hydroxylation is 1. The van der Waals surface area contributed by atoms with E-state index in [1.165, 1.54) is 11.3 Å². The van der Waals surface area contributed by atoms with Crippen molar-refractivity contribution in [3.63, 3.8) is 0 Å². The highest BCUT2D eigenvalue weighted by atomic mass is 35.5. The van der Waals surface area contributed by atoms with E-state index in [9.17, 15) is 4.79 Å². The lowest BCUT2D eigenvalue weighted by molar-refractivity contribution is 0.0733. The summed E-state index contributed by atoms with van der Waals surface area (Å²) in [6.45, 7) is 0.766. The monoisotopic (exact) mass is 345 g/mol. The second-order valence-corrected chi connectivity index (χ2v) is 7.49. The minimum Gasteiger partial charge on any atom is -0.329 e. The van der Waals surface area contributed by atoms with Gasteiger partial charge in [-0.15, -0.1) is 11.3 Å². The summed E-state index contributed by atoms with van der Waals surface area (Å²) in [7, 11) is 2.02. The van der Waals surface area contributed by atoms with E-state index in [4.69, 9.17) is 16.6 Å². The van der Waals surface area contributed by atoms with Crippen molar-refractivity contribution in [1.82, 2.24) is 14.5 Å². The van der Waals surface area contributed by atoms with Crippen LogP contribution < -0.4 is 0 Å². The number of fused-ring (bicyclic) bond motifs is 1. The normalized spacial score (nSPS) is 18.0. The number of likely N-dealkylation sites (tertiary alicyclic amines) is 1. The zero-order valence-electron chi connectivity index (χ0n) is 12.7. The molecule has 3 aromatic rings. The standard InChI is InChI=1S/C17H16ClN3OS/c1-20-12-6-3-2-5-11(12)19-16(20)13-7-4-10-21(13)17(22)14-8-9-15(18)23-14/h2-3,5-6,8-9,13H,4,7,10H2,1H3/t13-/m1/s1. The van der Waals surface area contributed by atoms with Crippen LogP contribution in [0.2, 0.25) is 4.34 Å². The summed E-state index contributed by atoms with van der Waals surface area (Å²) in [5.74, 6) is 1.01.